The van der Waals surface area contributed by atoms with Gasteiger partial charge in [0.15, 0.2) is 0 Å². The van der Waals surface area contributed by atoms with E-state index in [2.05, 4.69) is 12.1 Å². The van der Waals surface area contributed by atoms with Crippen molar-refractivity contribution < 1.29 is 9.52 Å². The lowest BCUT2D eigenvalue weighted by atomic mass is 10.1. The zero-order valence-electron chi connectivity index (χ0n) is 7.81. The summed E-state index contributed by atoms with van der Waals surface area (Å²) in [5.41, 5.74) is 2.04. The van der Waals surface area contributed by atoms with E-state index in [1.807, 2.05) is 24.3 Å². The van der Waals surface area contributed by atoms with Crippen LogP contribution in [0.2, 0.25) is 0 Å². The molecule has 2 rings (SSSR count). The van der Waals surface area contributed by atoms with Crippen LogP contribution in [0.4, 0.5) is 0 Å². The lowest BCUT2D eigenvalue weighted by Crippen LogP contribution is -1.84. The molecule has 0 saturated heterocycles. The molecule has 0 aliphatic heterocycles. The Morgan fingerprint density at radius 3 is 2.50 bits per heavy atom. The van der Waals surface area contributed by atoms with E-state index < -0.39 is 0 Å². The van der Waals surface area contributed by atoms with Crippen LogP contribution in [0.5, 0.6) is 0 Å². The second kappa shape index (κ2) is 4.11. The zero-order chi connectivity index (χ0) is 9.80. The molecule has 1 N–H and O–H groups in total. The van der Waals surface area contributed by atoms with E-state index in [1.165, 1.54) is 5.56 Å². The van der Waals surface area contributed by atoms with Crippen LogP contribution < -0.4 is 0 Å². The first-order chi connectivity index (χ1) is 6.88. The quantitative estimate of drug-likeness (QED) is 0.802. The Bertz CT molecular complexity index is 390. The topological polar surface area (TPSA) is 33.4 Å². The van der Waals surface area contributed by atoms with Gasteiger partial charge in [-0.05, 0) is 11.6 Å². The SMILES string of the molecule is OCc1coc(Cc2ccccc2)c1. The van der Waals surface area contributed by atoms with Gasteiger partial charge in [0.2, 0.25) is 0 Å². The lowest BCUT2D eigenvalue weighted by molar-refractivity contribution is 0.280. The number of hydrogen-bond acceptors (Lipinski definition) is 2. The van der Waals surface area contributed by atoms with Crippen molar-refractivity contribution in [2.24, 2.45) is 0 Å². The van der Waals surface area contributed by atoms with Crippen molar-refractivity contribution in [3.63, 3.8) is 0 Å². The highest BCUT2D eigenvalue weighted by atomic mass is 16.3. The van der Waals surface area contributed by atoms with Gasteiger partial charge in [0, 0.05) is 12.0 Å². The fourth-order valence-corrected chi connectivity index (χ4v) is 1.40. The predicted octanol–water partition coefficient (Wildman–Crippen LogP) is 2.36. The minimum absolute atomic E-state index is 0.0400. The highest BCUT2D eigenvalue weighted by Gasteiger charge is 2.01. The maximum Gasteiger partial charge on any atom is 0.108 e. The zero-order valence-corrected chi connectivity index (χ0v) is 7.81. The van der Waals surface area contributed by atoms with Crippen LogP contribution in [0.15, 0.2) is 47.1 Å². The van der Waals surface area contributed by atoms with Gasteiger partial charge >= 0.3 is 0 Å². The van der Waals surface area contributed by atoms with Gasteiger partial charge < -0.3 is 9.52 Å². The van der Waals surface area contributed by atoms with Crippen molar-refractivity contribution >= 4 is 0 Å². The number of furan rings is 1. The lowest BCUT2D eigenvalue weighted by Gasteiger charge is -1.95. The van der Waals surface area contributed by atoms with Crippen LogP contribution >= 0.6 is 0 Å². The first kappa shape index (κ1) is 9.03. The van der Waals surface area contributed by atoms with E-state index in [1.54, 1.807) is 6.26 Å². The monoisotopic (exact) mass is 188 g/mol. The molecule has 0 fully saturated rings. The molecule has 1 aromatic heterocycles. The number of hydrogen-bond donors (Lipinski definition) is 1. The average molecular weight is 188 g/mol. The van der Waals surface area contributed by atoms with E-state index in [9.17, 15) is 0 Å². The van der Waals surface area contributed by atoms with Crippen LogP contribution in [0.25, 0.3) is 0 Å². The molecule has 1 aromatic carbocycles. The summed E-state index contributed by atoms with van der Waals surface area (Å²) in [5.74, 6) is 0.889. The molecule has 2 nitrogen and oxygen atoms in total. The number of aliphatic hydroxyl groups excluding tert-OH is 1. The molecule has 0 amide bonds. The molecule has 1 heterocycles. The summed E-state index contributed by atoms with van der Waals surface area (Å²) in [4.78, 5) is 0. The van der Waals surface area contributed by atoms with Gasteiger partial charge in [-0.25, -0.2) is 0 Å². The number of rotatable bonds is 3. The third kappa shape index (κ3) is 2.03. The average Bonchev–Trinajstić information content (AvgIpc) is 2.67. The van der Waals surface area contributed by atoms with Gasteiger partial charge in [0.1, 0.15) is 5.76 Å². The van der Waals surface area contributed by atoms with E-state index in [-0.39, 0.29) is 6.61 Å². The third-order valence-corrected chi connectivity index (χ3v) is 2.11. The first-order valence-electron chi connectivity index (χ1n) is 4.59. The summed E-state index contributed by atoms with van der Waals surface area (Å²) < 4.78 is 5.30. The predicted molar refractivity (Wildman–Crippen MR) is 53.9 cm³/mol. The van der Waals surface area contributed by atoms with E-state index in [0.717, 1.165) is 17.7 Å². The summed E-state index contributed by atoms with van der Waals surface area (Å²) >= 11 is 0. The van der Waals surface area contributed by atoms with Crippen LogP contribution in [-0.4, -0.2) is 5.11 Å². The Hall–Kier alpha value is -1.54. The molecule has 0 aliphatic carbocycles. The summed E-state index contributed by atoms with van der Waals surface area (Å²) in [6.45, 7) is 0.0400. The largest absolute Gasteiger partial charge is 0.469 e. The fraction of sp³-hybridized carbons (Fsp3) is 0.167. The molecule has 0 radical (unpaired) electrons. The van der Waals surface area contributed by atoms with Gasteiger partial charge in [0.25, 0.3) is 0 Å². The summed E-state index contributed by atoms with van der Waals surface area (Å²) in [7, 11) is 0. The molecule has 0 aliphatic rings. The van der Waals surface area contributed by atoms with Gasteiger partial charge in [0.05, 0.1) is 12.9 Å². The van der Waals surface area contributed by atoms with Crippen LogP contribution in [0.1, 0.15) is 16.9 Å². The van der Waals surface area contributed by atoms with Gasteiger partial charge in [-0.1, -0.05) is 30.3 Å². The minimum Gasteiger partial charge on any atom is -0.469 e. The fourth-order valence-electron chi connectivity index (χ4n) is 1.40. The van der Waals surface area contributed by atoms with Crippen molar-refractivity contribution in [3.8, 4) is 0 Å². The molecule has 0 atom stereocenters. The third-order valence-electron chi connectivity index (χ3n) is 2.11. The molecular weight excluding hydrogens is 176 g/mol. The Morgan fingerprint density at radius 2 is 1.86 bits per heavy atom. The molecule has 2 aromatic rings. The maximum absolute atomic E-state index is 8.86. The van der Waals surface area contributed by atoms with E-state index >= 15 is 0 Å². The van der Waals surface area contributed by atoms with Crippen molar-refractivity contribution in [2.75, 3.05) is 0 Å². The molecule has 0 saturated carbocycles. The van der Waals surface area contributed by atoms with Crippen molar-refractivity contribution in [1.29, 1.82) is 0 Å². The van der Waals surface area contributed by atoms with Crippen molar-refractivity contribution in [2.45, 2.75) is 13.0 Å². The second-order valence-corrected chi connectivity index (χ2v) is 3.24. The molecular formula is C12H12O2. The Kier molecular flexibility index (Phi) is 2.65. The first-order valence-corrected chi connectivity index (χ1v) is 4.59. The standard InChI is InChI=1S/C12H12O2/c13-8-11-7-12(14-9-11)6-10-4-2-1-3-5-10/h1-5,7,9,13H,6,8H2. The smallest absolute Gasteiger partial charge is 0.108 e. The maximum atomic E-state index is 8.86. The number of aliphatic hydroxyl groups is 1. The molecule has 0 bridgehead atoms. The summed E-state index contributed by atoms with van der Waals surface area (Å²) in [5, 5.41) is 8.86. The van der Waals surface area contributed by atoms with Gasteiger partial charge in [-0.15, -0.1) is 0 Å². The van der Waals surface area contributed by atoms with Crippen LogP contribution in [-0.2, 0) is 13.0 Å². The van der Waals surface area contributed by atoms with E-state index in [0.29, 0.717) is 0 Å². The molecule has 0 spiro atoms. The summed E-state index contributed by atoms with van der Waals surface area (Å²) in [6.07, 6.45) is 2.37. The van der Waals surface area contributed by atoms with Gasteiger partial charge in [-0.2, -0.15) is 0 Å². The number of benzene rings is 1. The van der Waals surface area contributed by atoms with Crippen LogP contribution in [0, 0.1) is 0 Å². The highest BCUT2D eigenvalue weighted by Crippen LogP contribution is 2.12. The summed E-state index contributed by atoms with van der Waals surface area (Å²) in [6, 6.07) is 12.0. The Labute approximate surface area is 82.8 Å². The Balaban J connectivity index is 2.11. The minimum atomic E-state index is 0.0400. The molecule has 0 unspecified atom stereocenters. The highest BCUT2D eigenvalue weighted by molar-refractivity contribution is 5.22. The van der Waals surface area contributed by atoms with Crippen LogP contribution in [0.3, 0.4) is 0 Å². The van der Waals surface area contributed by atoms with Crippen molar-refractivity contribution in [1.82, 2.24) is 0 Å². The molecule has 72 valence electrons. The molecule has 14 heavy (non-hydrogen) atoms. The normalized spacial score (nSPS) is 10.4. The van der Waals surface area contributed by atoms with Gasteiger partial charge in [-0.3, -0.25) is 0 Å². The Morgan fingerprint density at radius 1 is 1.07 bits per heavy atom. The second-order valence-electron chi connectivity index (χ2n) is 3.24. The molecule has 2 heteroatoms. The van der Waals surface area contributed by atoms with E-state index in [4.69, 9.17) is 9.52 Å². The van der Waals surface area contributed by atoms with Crippen molar-refractivity contribution in [3.05, 3.63) is 59.5 Å².